The van der Waals surface area contributed by atoms with E-state index in [1.165, 1.54) is 11.5 Å². The van der Waals surface area contributed by atoms with Crippen molar-refractivity contribution in [1.82, 2.24) is 0 Å². The van der Waals surface area contributed by atoms with Gasteiger partial charge in [0.1, 0.15) is 0 Å². The lowest BCUT2D eigenvalue weighted by atomic mass is 10.9. The van der Waals surface area contributed by atoms with Crippen LogP contribution in [0.1, 0.15) is 0 Å². The molecule has 2 unspecified atom stereocenters. The fourth-order valence-electron chi connectivity index (χ4n) is 0.455. The van der Waals surface area contributed by atoms with Crippen LogP contribution in [0.15, 0.2) is 0 Å². The predicted molar refractivity (Wildman–Crippen MR) is 78.0 cm³/mol. The Balaban J connectivity index is 1.40. The van der Waals surface area contributed by atoms with Crippen LogP contribution in [0.25, 0.3) is 0 Å². The Labute approximate surface area is 104 Å². The molecule has 0 saturated carbocycles. The van der Waals surface area contributed by atoms with E-state index < -0.39 is 0 Å². The molecule has 2 saturated heterocycles. The van der Waals surface area contributed by atoms with Gasteiger partial charge in [-0.1, -0.05) is 64.8 Å². The van der Waals surface area contributed by atoms with E-state index in [-0.39, 0.29) is 0 Å². The summed E-state index contributed by atoms with van der Waals surface area (Å²) in [5.74, 6) is 2.67. The third kappa shape index (κ3) is 3.75. The number of rotatable bonds is 5. The minimum absolute atomic E-state index is 0.858. The molecule has 8 heteroatoms. The fraction of sp³-hybridized carbons (Fsp3) is 1.00. The first-order valence-corrected chi connectivity index (χ1v) is 12.9. The summed E-state index contributed by atoms with van der Waals surface area (Å²) in [5, 5.41) is 0. The van der Waals surface area contributed by atoms with Crippen molar-refractivity contribution in [2.45, 2.75) is 9.16 Å². The lowest BCUT2D eigenvalue weighted by molar-refractivity contribution is 1.46. The lowest BCUT2D eigenvalue weighted by Gasteiger charge is -2.23. The molecular weight excluding hydrogens is 305 g/mol. The highest BCUT2D eigenvalue weighted by Gasteiger charge is 2.23. The summed E-state index contributed by atoms with van der Waals surface area (Å²) < 4.78 is 1.72. The Kier molecular flexibility index (Phi) is 6.02. The minimum Gasteiger partial charge on any atom is -0.0909 e. The summed E-state index contributed by atoms with van der Waals surface area (Å²) in [6.45, 7) is 0. The van der Waals surface area contributed by atoms with Crippen molar-refractivity contribution in [3.63, 3.8) is 0 Å². The Hall–Kier alpha value is 2.80. The molecule has 2 aliphatic heterocycles. The quantitative estimate of drug-likeness (QED) is 0.501. The fourth-order valence-corrected chi connectivity index (χ4v) is 15.0. The van der Waals surface area contributed by atoms with Crippen molar-refractivity contribution < 1.29 is 0 Å². The van der Waals surface area contributed by atoms with Crippen LogP contribution in [-0.2, 0) is 0 Å². The van der Waals surface area contributed by atoms with Crippen LogP contribution in [0.4, 0.5) is 0 Å². The summed E-state index contributed by atoms with van der Waals surface area (Å²) in [7, 11) is 15.9. The molecule has 2 rings (SSSR count). The number of hydrogen-bond acceptors (Lipinski definition) is 8. The van der Waals surface area contributed by atoms with Crippen molar-refractivity contribution in [2.24, 2.45) is 0 Å². The molecule has 2 atom stereocenters. The van der Waals surface area contributed by atoms with Crippen molar-refractivity contribution in [2.75, 3.05) is 11.5 Å². The largest absolute Gasteiger partial charge is 0.0909 e. The van der Waals surface area contributed by atoms with Gasteiger partial charge in [0.25, 0.3) is 0 Å². The van der Waals surface area contributed by atoms with E-state index in [4.69, 9.17) is 0 Å². The van der Waals surface area contributed by atoms with E-state index in [1.54, 1.807) is 0 Å². The maximum absolute atomic E-state index is 2.02. The first-order chi connectivity index (χ1) is 5.95. The van der Waals surface area contributed by atoms with Crippen LogP contribution in [-0.4, -0.2) is 20.7 Å². The Bertz CT molecular complexity index is 115. The molecule has 2 aliphatic rings. The molecule has 0 radical (unpaired) electrons. The van der Waals surface area contributed by atoms with E-state index in [0.29, 0.717) is 0 Å². The van der Waals surface area contributed by atoms with Crippen LogP contribution in [0.3, 0.4) is 0 Å². The molecule has 70 valence electrons. The van der Waals surface area contributed by atoms with Gasteiger partial charge in [-0.05, 0) is 19.7 Å². The maximum atomic E-state index is 2.02. The zero-order chi connectivity index (χ0) is 8.23. The average molecular weight is 311 g/mol. The molecule has 2 heterocycles. The highest BCUT2D eigenvalue weighted by atomic mass is 33.7. The molecule has 12 heavy (non-hydrogen) atoms. The van der Waals surface area contributed by atoms with E-state index in [9.17, 15) is 0 Å². The molecule has 0 spiro atoms. The van der Waals surface area contributed by atoms with E-state index in [2.05, 4.69) is 0 Å². The van der Waals surface area contributed by atoms with E-state index in [0.717, 1.165) is 9.16 Å². The zero-order valence-electron chi connectivity index (χ0n) is 5.83. The molecule has 0 aliphatic carbocycles. The van der Waals surface area contributed by atoms with Gasteiger partial charge in [0.15, 0.2) is 0 Å². The van der Waals surface area contributed by atoms with Crippen LogP contribution >= 0.6 is 84.4 Å². The average Bonchev–Trinajstić information content (AvgIpc) is 1.88. The Morgan fingerprint density at radius 2 is 1.25 bits per heavy atom. The molecule has 2 fully saturated rings. The van der Waals surface area contributed by atoms with Gasteiger partial charge in [0, 0.05) is 11.5 Å². The van der Waals surface area contributed by atoms with Gasteiger partial charge in [-0.15, -0.1) is 0 Å². The second-order valence-electron chi connectivity index (χ2n) is 1.95. The SMILES string of the molecule is C1SSC1SSSSC1CSS1. The summed E-state index contributed by atoms with van der Waals surface area (Å²) in [6.07, 6.45) is 0. The van der Waals surface area contributed by atoms with Crippen molar-refractivity contribution >= 4 is 84.4 Å². The van der Waals surface area contributed by atoms with Crippen LogP contribution in [0, 0.1) is 0 Å². The van der Waals surface area contributed by atoms with Gasteiger partial charge in [-0.3, -0.25) is 0 Å². The van der Waals surface area contributed by atoms with E-state index in [1.807, 2.05) is 84.4 Å². The Morgan fingerprint density at radius 1 is 0.833 bits per heavy atom. The van der Waals surface area contributed by atoms with Crippen molar-refractivity contribution in [1.29, 1.82) is 0 Å². The third-order valence-corrected chi connectivity index (χ3v) is 16.0. The molecular formula is C4H6S8. The third-order valence-electron chi connectivity index (χ3n) is 1.08. The smallest absolute Gasteiger partial charge is 0.0816 e. The topological polar surface area (TPSA) is 0 Å². The summed E-state index contributed by atoms with van der Waals surface area (Å²) in [6, 6.07) is 0. The van der Waals surface area contributed by atoms with Gasteiger partial charge < -0.3 is 0 Å². The molecule has 0 aromatic carbocycles. The van der Waals surface area contributed by atoms with Crippen LogP contribution < -0.4 is 0 Å². The van der Waals surface area contributed by atoms with E-state index >= 15 is 0 Å². The lowest BCUT2D eigenvalue weighted by Crippen LogP contribution is -2.05. The first kappa shape index (κ1) is 11.3. The van der Waals surface area contributed by atoms with Gasteiger partial charge in [-0.25, -0.2) is 0 Å². The van der Waals surface area contributed by atoms with Crippen LogP contribution in [0.2, 0.25) is 0 Å². The summed E-state index contributed by atoms with van der Waals surface area (Å²) in [5.41, 5.74) is 0. The molecule has 0 nitrogen and oxygen atoms in total. The molecule has 0 bridgehead atoms. The molecule has 0 amide bonds. The monoisotopic (exact) mass is 310 g/mol. The molecule has 0 N–H and O–H groups in total. The normalized spacial score (nSPS) is 34.0. The van der Waals surface area contributed by atoms with Crippen molar-refractivity contribution in [3.05, 3.63) is 0 Å². The highest BCUT2D eigenvalue weighted by Crippen LogP contribution is 2.59. The second-order valence-corrected chi connectivity index (χ2v) is 14.0. The summed E-state index contributed by atoms with van der Waals surface area (Å²) >= 11 is 0. The van der Waals surface area contributed by atoms with Gasteiger partial charge in [-0.2, -0.15) is 0 Å². The predicted octanol–water partition coefficient (Wildman–Crippen LogP) is 5.11. The van der Waals surface area contributed by atoms with Crippen molar-refractivity contribution in [3.8, 4) is 0 Å². The van der Waals surface area contributed by atoms with Crippen LogP contribution in [0.5, 0.6) is 0 Å². The molecule has 0 aromatic rings. The zero-order valence-corrected chi connectivity index (χ0v) is 12.4. The summed E-state index contributed by atoms with van der Waals surface area (Å²) in [4.78, 5) is 0. The standard InChI is InChI=1S/C4H6S8/c1-3(7-5-1)9-11-12-10-4-2-6-8-4/h3-4H,1-2H2. The van der Waals surface area contributed by atoms with Gasteiger partial charge >= 0.3 is 0 Å². The Morgan fingerprint density at radius 3 is 1.50 bits per heavy atom. The first-order valence-electron chi connectivity index (χ1n) is 3.17. The van der Waals surface area contributed by atoms with Gasteiger partial charge in [0.2, 0.25) is 0 Å². The highest BCUT2D eigenvalue weighted by molar-refractivity contribution is 9.27. The second kappa shape index (κ2) is 6.40. The van der Waals surface area contributed by atoms with Gasteiger partial charge in [0.05, 0.1) is 9.16 Å². The maximum Gasteiger partial charge on any atom is 0.0816 e. The number of hydrogen-bond donors (Lipinski definition) is 0. The molecule has 0 aromatic heterocycles. The minimum atomic E-state index is 0.858.